The molecule has 1 amide bonds. The predicted molar refractivity (Wildman–Crippen MR) is 87.9 cm³/mol. The van der Waals surface area contributed by atoms with Crippen molar-refractivity contribution in [3.63, 3.8) is 0 Å². The van der Waals surface area contributed by atoms with Gasteiger partial charge in [-0.3, -0.25) is 9.48 Å². The van der Waals surface area contributed by atoms with Crippen LogP contribution in [0, 0.1) is 13.8 Å². The molecule has 1 aliphatic heterocycles. The summed E-state index contributed by atoms with van der Waals surface area (Å²) in [4.78, 5) is 16.5. The van der Waals surface area contributed by atoms with E-state index in [4.69, 9.17) is 16.0 Å². The largest absolute Gasteiger partial charge is 0.454 e. The van der Waals surface area contributed by atoms with E-state index in [0.717, 1.165) is 37.6 Å². The van der Waals surface area contributed by atoms with Crippen LogP contribution in [0.1, 0.15) is 27.7 Å². The second kappa shape index (κ2) is 6.37. The Labute approximate surface area is 140 Å². The Balaban J connectivity index is 1.70. The van der Waals surface area contributed by atoms with Crippen LogP contribution in [0.4, 0.5) is 0 Å². The van der Waals surface area contributed by atoms with Gasteiger partial charge in [-0.1, -0.05) is 11.6 Å². The van der Waals surface area contributed by atoms with E-state index < -0.39 is 0 Å². The highest BCUT2D eigenvalue weighted by Crippen LogP contribution is 2.21. The van der Waals surface area contributed by atoms with E-state index in [1.54, 1.807) is 10.7 Å². The number of amides is 1. The molecule has 1 aliphatic rings. The molecule has 124 valence electrons. The third-order valence-electron chi connectivity index (χ3n) is 4.26. The molecule has 0 aliphatic carbocycles. The summed E-state index contributed by atoms with van der Waals surface area (Å²) in [7, 11) is 2.06. The summed E-state index contributed by atoms with van der Waals surface area (Å²) in [5.41, 5.74) is 1.69. The fraction of sp³-hybridized carbons (Fsp3) is 0.500. The quantitative estimate of drug-likeness (QED) is 0.862. The van der Waals surface area contributed by atoms with Crippen molar-refractivity contribution in [3.05, 3.63) is 40.1 Å². The number of aromatic nitrogens is 2. The second-order valence-corrected chi connectivity index (χ2v) is 6.38. The van der Waals surface area contributed by atoms with Gasteiger partial charge in [0.1, 0.15) is 5.76 Å². The lowest BCUT2D eigenvalue weighted by Gasteiger charge is -2.31. The third kappa shape index (κ3) is 3.28. The Bertz CT molecular complexity index is 714. The van der Waals surface area contributed by atoms with Crippen LogP contribution in [0.25, 0.3) is 0 Å². The molecule has 0 aromatic carbocycles. The number of likely N-dealkylation sites (N-methyl/N-ethyl adjacent to an activating group) is 1. The molecular weight excluding hydrogens is 316 g/mol. The van der Waals surface area contributed by atoms with Gasteiger partial charge < -0.3 is 14.2 Å². The van der Waals surface area contributed by atoms with Crippen LogP contribution in [0.3, 0.4) is 0 Å². The highest BCUT2D eigenvalue weighted by molar-refractivity contribution is 6.31. The van der Waals surface area contributed by atoms with Crippen molar-refractivity contribution in [1.82, 2.24) is 19.6 Å². The Morgan fingerprint density at radius 3 is 2.57 bits per heavy atom. The van der Waals surface area contributed by atoms with Crippen molar-refractivity contribution in [2.24, 2.45) is 0 Å². The van der Waals surface area contributed by atoms with Crippen LogP contribution >= 0.6 is 11.6 Å². The molecule has 7 heteroatoms. The summed E-state index contributed by atoms with van der Waals surface area (Å²) < 4.78 is 7.52. The lowest BCUT2D eigenvalue weighted by atomic mass is 10.3. The van der Waals surface area contributed by atoms with Crippen LogP contribution in [-0.4, -0.2) is 58.7 Å². The molecule has 6 nitrogen and oxygen atoms in total. The van der Waals surface area contributed by atoms with Crippen molar-refractivity contribution in [2.75, 3.05) is 33.2 Å². The van der Waals surface area contributed by atoms with E-state index in [2.05, 4.69) is 17.0 Å². The molecule has 0 atom stereocenters. The predicted octanol–water partition coefficient (Wildman–Crippen LogP) is 2.18. The first-order valence-electron chi connectivity index (χ1n) is 7.71. The molecule has 3 rings (SSSR count). The summed E-state index contributed by atoms with van der Waals surface area (Å²) in [6.45, 7) is 7.51. The maximum atomic E-state index is 12.5. The molecule has 0 bridgehead atoms. The number of piperazine rings is 1. The second-order valence-electron chi connectivity index (χ2n) is 6.00. The van der Waals surface area contributed by atoms with E-state index in [9.17, 15) is 4.79 Å². The zero-order valence-electron chi connectivity index (χ0n) is 13.7. The first-order valence-corrected chi connectivity index (χ1v) is 8.09. The average Bonchev–Trinajstić information content (AvgIpc) is 3.09. The number of carbonyl (C=O) groups excluding carboxylic acids is 1. The average molecular weight is 337 g/mol. The highest BCUT2D eigenvalue weighted by atomic mass is 35.5. The standard InChI is InChI=1S/C16H21ClN4O2/c1-11-15(17)12(2)21(18-11)10-13-4-5-14(23-13)16(22)20-8-6-19(3)7-9-20/h4-5H,6-10H2,1-3H3. The summed E-state index contributed by atoms with van der Waals surface area (Å²) in [6, 6.07) is 3.57. The molecule has 0 N–H and O–H groups in total. The summed E-state index contributed by atoms with van der Waals surface area (Å²) in [6.07, 6.45) is 0. The van der Waals surface area contributed by atoms with Crippen LogP contribution < -0.4 is 0 Å². The molecule has 2 aromatic heterocycles. The first-order chi connectivity index (χ1) is 11.0. The molecule has 3 heterocycles. The van der Waals surface area contributed by atoms with Gasteiger partial charge in [-0.25, -0.2) is 0 Å². The van der Waals surface area contributed by atoms with E-state index in [1.165, 1.54) is 0 Å². The van der Waals surface area contributed by atoms with Gasteiger partial charge in [0.25, 0.3) is 5.91 Å². The fourth-order valence-corrected chi connectivity index (χ4v) is 2.86. The Morgan fingerprint density at radius 2 is 1.96 bits per heavy atom. The molecular formula is C16H21ClN4O2. The molecule has 0 saturated carbocycles. The topological polar surface area (TPSA) is 54.5 Å². The summed E-state index contributed by atoms with van der Waals surface area (Å²) in [5.74, 6) is 1.04. The minimum absolute atomic E-state index is 0.0456. The number of hydrogen-bond acceptors (Lipinski definition) is 4. The molecule has 0 spiro atoms. The number of aryl methyl sites for hydroxylation is 1. The van der Waals surface area contributed by atoms with Gasteiger partial charge in [-0.2, -0.15) is 5.10 Å². The van der Waals surface area contributed by atoms with Gasteiger partial charge in [0.15, 0.2) is 5.76 Å². The molecule has 1 saturated heterocycles. The minimum Gasteiger partial charge on any atom is -0.454 e. The molecule has 0 unspecified atom stereocenters. The van der Waals surface area contributed by atoms with Crippen molar-refractivity contribution in [1.29, 1.82) is 0 Å². The zero-order chi connectivity index (χ0) is 16.6. The van der Waals surface area contributed by atoms with Gasteiger partial charge in [-0.15, -0.1) is 0 Å². The van der Waals surface area contributed by atoms with Crippen LogP contribution in [-0.2, 0) is 6.54 Å². The smallest absolute Gasteiger partial charge is 0.289 e. The lowest BCUT2D eigenvalue weighted by molar-refractivity contribution is 0.0630. The maximum Gasteiger partial charge on any atom is 0.289 e. The fourth-order valence-electron chi connectivity index (χ4n) is 2.72. The highest BCUT2D eigenvalue weighted by Gasteiger charge is 2.23. The maximum absolute atomic E-state index is 12.5. The van der Waals surface area contributed by atoms with E-state index in [0.29, 0.717) is 23.1 Å². The number of halogens is 1. The van der Waals surface area contributed by atoms with Gasteiger partial charge in [0, 0.05) is 26.2 Å². The third-order valence-corrected chi connectivity index (χ3v) is 4.81. The number of hydrogen-bond donors (Lipinski definition) is 0. The summed E-state index contributed by atoms with van der Waals surface area (Å²) >= 11 is 6.15. The van der Waals surface area contributed by atoms with Gasteiger partial charge >= 0.3 is 0 Å². The van der Waals surface area contributed by atoms with Crippen molar-refractivity contribution in [3.8, 4) is 0 Å². The SMILES string of the molecule is Cc1nn(Cc2ccc(C(=O)N3CCN(C)CC3)o2)c(C)c1Cl. The van der Waals surface area contributed by atoms with Crippen LogP contribution in [0.5, 0.6) is 0 Å². The first kappa shape index (κ1) is 16.1. The number of furan rings is 1. The number of carbonyl (C=O) groups is 1. The lowest BCUT2D eigenvalue weighted by Crippen LogP contribution is -2.47. The van der Waals surface area contributed by atoms with Crippen molar-refractivity contribution < 1.29 is 9.21 Å². The van der Waals surface area contributed by atoms with Gasteiger partial charge in [0.2, 0.25) is 0 Å². The van der Waals surface area contributed by atoms with Gasteiger partial charge in [-0.05, 0) is 33.0 Å². The normalized spacial score (nSPS) is 16.1. The minimum atomic E-state index is -0.0456. The number of rotatable bonds is 3. The van der Waals surface area contributed by atoms with Gasteiger partial charge in [0.05, 0.1) is 23.0 Å². The Hall–Kier alpha value is -1.79. The van der Waals surface area contributed by atoms with E-state index >= 15 is 0 Å². The van der Waals surface area contributed by atoms with Crippen LogP contribution in [0.15, 0.2) is 16.5 Å². The van der Waals surface area contributed by atoms with Crippen LogP contribution in [0.2, 0.25) is 5.02 Å². The zero-order valence-corrected chi connectivity index (χ0v) is 14.4. The molecule has 1 fully saturated rings. The summed E-state index contributed by atoms with van der Waals surface area (Å²) in [5, 5.41) is 5.05. The Kier molecular flexibility index (Phi) is 4.46. The molecule has 2 aromatic rings. The van der Waals surface area contributed by atoms with Crippen molar-refractivity contribution in [2.45, 2.75) is 20.4 Å². The molecule has 0 radical (unpaired) electrons. The monoisotopic (exact) mass is 336 g/mol. The number of nitrogens with zero attached hydrogens (tertiary/aromatic N) is 4. The molecule has 23 heavy (non-hydrogen) atoms. The van der Waals surface area contributed by atoms with E-state index in [-0.39, 0.29) is 5.91 Å². The van der Waals surface area contributed by atoms with Crippen molar-refractivity contribution >= 4 is 17.5 Å². The van der Waals surface area contributed by atoms with E-state index in [1.807, 2.05) is 24.8 Å². The Morgan fingerprint density at radius 1 is 1.26 bits per heavy atom.